The van der Waals surface area contributed by atoms with Crippen LogP contribution in [-0.2, 0) is 4.79 Å². The lowest BCUT2D eigenvalue weighted by Crippen LogP contribution is -2.33. The molecule has 1 aromatic heterocycles. The van der Waals surface area contributed by atoms with E-state index in [0.29, 0.717) is 0 Å². The first-order valence-corrected chi connectivity index (χ1v) is 8.38. The van der Waals surface area contributed by atoms with Gasteiger partial charge in [0.25, 0.3) is 0 Å². The fourth-order valence-electron chi connectivity index (χ4n) is 2.43. The highest BCUT2D eigenvalue weighted by molar-refractivity contribution is 8.00. The lowest BCUT2D eigenvalue weighted by molar-refractivity contribution is -0.117. The molecule has 5 heteroatoms. The molecule has 0 saturated carbocycles. The summed E-state index contributed by atoms with van der Waals surface area (Å²) in [6, 6.07) is 15.8. The maximum atomic E-state index is 12.6. The number of nitrogens with zero attached hydrogens (tertiary/aromatic N) is 2. The summed E-state index contributed by atoms with van der Waals surface area (Å²) >= 11 is 1.45. The number of fused-ring (bicyclic) bond motifs is 1. The summed E-state index contributed by atoms with van der Waals surface area (Å²) in [5.74, 6) is 0.0536. The van der Waals surface area contributed by atoms with Gasteiger partial charge in [0.2, 0.25) is 5.91 Å². The minimum Gasteiger partial charge on any atom is -0.333 e. The molecule has 0 saturated heterocycles. The molecule has 23 heavy (non-hydrogen) atoms. The number of aromatic nitrogens is 2. The van der Waals surface area contributed by atoms with Gasteiger partial charge in [0.1, 0.15) is 0 Å². The molecular weight excluding hydrogens is 306 g/mol. The van der Waals surface area contributed by atoms with E-state index in [1.54, 1.807) is 11.9 Å². The predicted molar refractivity (Wildman–Crippen MR) is 96.0 cm³/mol. The Kier molecular flexibility index (Phi) is 4.39. The van der Waals surface area contributed by atoms with Crippen LogP contribution in [0.4, 0.5) is 5.69 Å². The van der Waals surface area contributed by atoms with E-state index >= 15 is 0 Å². The lowest BCUT2D eigenvalue weighted by Gasteiger charge is -2.20. The van der Waals surface area contributed by atoms with Gasteiger partial charge >= 0.3 is 0 Å². The molecule has 1 heterocycles. The van der Waals surface area contributed by atoms with Crippen LogP contribution in [0.5, 0.6) is 0 Å². The first-order chi connectivity index (χ1) is 11.0. The predicted octanol–water partition coefficient (Wildman–Crippen LogP) is 4.01. The Morgan fingerprint density at radius 3 is 2.70 bits per heavy atom. The van der Waals surface area contributed by atoms with Crippen molar-refractivity contribution in [3.05, 3.63) is 54.1 Å². The van der Waals surface area contributed by atoms with E-state index < -0.39 is 0 Å². The molecule has 0 spiro atoms. The van der Waals surface area contributed by atoms with E-state index in [4.69, 9.17) is 0 Å². The number of anilines is 1. The van der Waals surface area contributed by atoms with Crippen LogP contribution in [0.25, 0.3) is 11.0 Å². The molecule has 0 radical (unpaired) electrons. The molecule has 0 unspecified atom stereocenters. The van der Waals surface area contributed by atoms with Gasteiger partial charge in [-0.2, -0.15) is 0 Å². The summed E-state index contributed by atoms with van der Waals surface area (Å²) in [4.78, 5) is 22.1. The van der Waals surface area contributed by atoms with Gasteiger partial charge in [0.15, 0.2) is 5.16 Å². The van der Waals surface area contributed by atoms with Gasteiger partial charge in [-0.15, -0.1) is 0 Å². The van der Waals surface area contributed by atoms with Crippen LogP contribution in [0.2, 0.25) is 0 Å². The van der Waals surface area contributed by atoms with Crippen molar-refractivity contribution in [1.29, 1.82) is 0 Å². The molecule has 0 fully saturated rings. The maximum Gasteiger partial charge on any atom is 0.240 e. The Labute approximate surface area is 139 Å². The van der Waals surface area contributed by atoms with Crippen molar-refractivity contribution in [2.75, 3.05) is 11.9 Å². The first-order valence-electron chi connectivity index (χ1n) is 7.50. The van der Waals surface area contributed by atoms with Gasteiger partial charge in [0.05, 0.1) is 16.3 Å². The zero-order valence-electron chi connectivity index (χ0n) is 13.4. The van der Waals surface area contributed by atoms with E-state index in [-0.39, 0.29) is 11.2 Å². The van der Waals surface area contributed by atoms with Gasteiger partial charge in [-0.3, -0.25) is 4.79 Å². The third-order valence-corrected chi connectivity index (χ3v) is 4.70. The van der Waals surface area contributed by atoms with Crippen molar-refractivity contribution in [3.8, 4) is 0 Å². The quantitative estimate of drug-likeness (QED) is 0.737. The zero-order valence-corrected chi connectivity index (χ0v) is 14.2. The van der Waals surface area contributed by atoms with E-state index in [0.717, 1.165) is 21.9 Å². The summed E-state index contributed by atoms with van der Waals surface area (Å²) < 4.78 is 0. The molecule has 3 rings (SSSR count). The number of rotatable bonds is 4. The lowest BCUT2D eigenvalue weighted by atomic mass is 10.2. The average Bonchev–Trinajstić information content (AvgIpc) is 2.95. The number of hydrogen-bond donors (Lipinski definition) is 1. The number of aromatic amines is 1. The number of H-pyrrole nitrogens is 1. The molecule has 4 nitrogen and oxygen atoms in total. The van der Waals surface area contributed by atoms with Crippen molar-refractivity contribution < 1.29 is 4.79 Å². The minimum atomic E-state index is -0.220. The standard InChI is InChI=1S/C18H19N3OS/c1-12-9-10-15-16(11-12)20-18(19-15)23-13(2)17(22)21(3)14-7-5-4-6-8-14/h4-11,13H,1-3H3,(H,19,20)/t13-/m0/s1. The summed E-state index contributed by atoms with van der Waals surface area (Å²) in [6.07, 6.45) is 0. The number of nitrogens with one attached hydrogen (secondary N) is 1. The fourth-order valence-corrected chi connectivity index (χ4v) is 3.34. The highest BCUT2D eigenvalue weighted by atomic mass is 32.2. The smallest absolute Gasteiger partial charge is 0.240 e. The van der Waals surface area contributed by atoms with Crippen molar-refractivity contribution in [2.24, 2.45) is 0 Å². The van der Waals surface area contributed by atoms with Crippen molar-refractivity contribution >= 4 is 34.4 Å². The summed E-state index contributed by atoms with van der Waals surface area (Å²) in [5, 5.41) is 0.551. The summed E-state index contributed by atoms with van der Waals surface area (Å²) in [5.41, 5.74) is 4.01. The maximum absolute atomic E-state index is 12.6. The van der Waals surface area contributed by atoms with Crippen LogP contribution in [0, 0.1) is 6.92 Å². The second-order valence-electron chi connectivity index (χ2n) is 5.56. The molecule has 1 N–H and O–H groups in total. The summed E-state index contributed by atoms with van der Waals surface area (Å²) in [7, 11) is 1.80. The number of carbonyl (C=O) groups is 1. The SMILES string of the molecule is Cc1ccc2nc(S[C@@H](C)C(=O)N(C)c3ccccc3)[nH]c2c1. The largest absolute Gasteiger partial charge is 0.333 e. The first kappa shape index (κ1) is 15.6. The number of aryl methyl sites for hydroxylation is 1. The van der Waals surface area contributed by atoms with Crippen LogP contribution >= 0.6 is 11.8 Å². The minimum absolute atomic E-state index is 0.0536. The van der Waals surface area contributed by atoms with Crippen LogP contribution in [0.1, 0.15) is 12.5 Å². The third kappa shape index (κ3) is 3.40. The Morgan fingerprint density at radius 1 is 1.22 bits per heavy atom. The van der Waals surface area contributed by atoms with Gasteiger partial charge in [-0.1, -0.05) is 36.0 Å². The highest BCUT2D eigenvalue weighted by Crippen LogP contribution is 2.26. The topological polar surface area (TPSA) is 49.0 Å². The zero-order chi connectivity index (χ0) is 16.4. The Morgan fingerprint density at radius 2 is 1.96 bits per heavy atom. The highest BCUT2D eigenvalue weighted by Gasteiger charge is 2.21. The molecule has 0 aliphatic heterocycles. The average molecular weight is 325 g/mol. The van der Waals surface area contributed by atoms with Crippen LogP contribution in [0.15, 0.2) is 53.7 Å². The number of carbonyl (C=O) groups excluding carboxylic acids is 1. The Bertz CT molecular complexity index is 829. The van der Waals surface area contributed by atoms with Gasteiger partial charge in [-0.05, 0) is 43.7 Å². The fraction of sp³-hybridized carbons (Fsp3) is 0.222. The van der Waals surface area contributed by atoms with Gasteiger partial charge in [0, 0.05) is 12.7 Å². The molecule has 118 valence electrons. The molecule has 1 atom stereocenters. The number of amides is 1. The number of imidazole rings is 1. The second-order valence-corrected chi connectivity index (χ2v) is 6.88. The van der Waals surface area contributed by atoms with Crippen molar-refractivity contribution in [2.45, 2.75) is 24.3 Å². The summed E-state index contributed by atoms with van der Waals surface area (Å²) in [6.45, 7) is 3.96. The van der Waals surface area contributed by atoms with E-state index in [1.165, 1.54) is 17.3 Å². The van der Waals surface area contributed by atoms with Crippen molar-refractivity contribution in [1.82, 2.24) is 9.97 Å². The number of hydrogen-bond acceptors (Lipinski definition) is 3. The molecular formula is C18H19N3OS. The number of benzene rings is 2. The van der Waals surface area contributed by atoms with E-state index in [1.807, 2.05) is 56.3 Å². The Hall–Kier alpha value is -2.27. The Balaban J connectivity index is 1.74. The molecule has 2 aromatic carbocycles. The molecule has 1 amide bonds. The third-order valence-electron chi connectivity index (χ3n) is 3.73. The number of para-hydroxylation sites is 1. The molecule has 3 aromatic rings. The number of thioether (sulfide) groups is 1. The van der Waals surface area contributed by atoms with Gasteiger partial charge < -0.3 is 9.88 Å². The van der Waals surface area contributed by atoms with Gasteiger partial charge in [-0.25, -0.2) is 4.98 Å². The molecule has 0 aliphatic rings. The molecule has 0 bridgehead atoms. The van der Waals surface area contributed by atoms with E-state index in [2.05, 4.69) is 16.0 Å². The van der Waals surface area contributed by atoms with Crippen LogP contribution in [0.3, 0.4) is 0 Å². The monoisotopic (exact) mass is 325 g/mol. The van der Waals surface area contributed by atoms with Crippen molar-refractivity contribution in [3.63, 3.8) is 0 Å². The van der Waals surface area contributed by atoms with E-state index in [9.17, 15) is 4.79 Å². The van der Waals surface area contributed by atoms with Crippen LogP contribution < -0.4 is 4.90 Å². The molecule has 0 aliphatic carbocycles. The van der Waals surface area contributed by atoms with Crippen LogP contribution in [-0.4, -0.2) is 28.2 Å². The normalized spacial score (nSPS) is 12.3. The second kappa shape index (κ2) is 6.46.